The molecule has 0 saturated carbocycles. The molecule has 1 aliphatic carbocycles. The highest BCUT2D eigenvalue weighted by Gasteiger charge is 2.50. The van der Waals surface area contributed by atoms with Gasteiger partial charge in [-0.15, -0.1) is 0 Å². The lowest BCUT2D eigenvalue weighted by Crippen LogP contribution is -2.68. The summed E-state index contributed by atoms with van der Waals surface area (Å²) in [4.78, 5) is 12.0. The molecule has 0 aromatic rings. The minimum Gasteiger partial charge on any atom is -0.467 e. The molecule has 10 nitrogen and oxygen atoms in total. The zero-order valence-corrected chi connectivity index (χ0v) is 14.8. The number of ether oxygens (including phenoxy) is 3. The summed E-state index contributed by atoms with van der Waals surface area (Å²) in [6.07, 6.45) is -7.59. The van der Waals surface area contributed by atoms with E-state index in [9.17, 15) is 30.3 Å². The lowest BCUT2D eigenvalue weighted by atomic mass is 9.85. The van der Waals surface area contributed by atoms with Gasteiger partial charge < -0.3 is 39.7 Å². The van der Waals surface area contributed by atoms with Crippen LogP contribution < -0.4 is 5.32 Å². The Morgan fingerprint density at radius 3 is 2.31 bits per heavy atom. The third-order valence-electron chi connectivity index (χ3n) is 4.88. The summed E-state index contributed by atoms with van der Waals surface area (Å²) in [5, 5.41) is 53.6. The minimum atomic E-state index is -1.48. The minimum absolute atomic E-state index is 0.432. The summed E-state index contributed by atoms with van der Waals surface area (Å²) in [7, 11) is 2.40. The van der Waals surface area contributed by atoms with E-state index in [0.29, 0.717) is 12.0 Å². The maximum atomic E-state index is 12.0. The fraction of sp³-hybridized carbons (Fsp3) is 0.812. The molecule has 1 saturated heterocycles. The summed E-state index contributed by atoms with van der Waals surface area (Å²) in [5.41, 5.74) is 0.497. The van der Waals surface area contributed by atoms with E-state index in [-0.39, 0.29) is 0 Å². The number of aliphatic hydroxyl groups is 5. The van der Waals surface area contributed by atoms with Gasteiger partial charge >= 0.3 is 5.97 Å². The van der Waals surface area contributed by atoms with E-state index in [1.165, 1.54) is 13.2 Å². The summed E-state index contributed by atoms with van der Waals surface area (Å²) >= 11 is 0. The Bertz CT molecular complexity index is 528. The maximum Gasteiger partial charge on any atom is 0.336 e. The summed E-state index contributed by atoms with van der Waals surface area (Å²) in [5.74, 6) is -0.805. The van der Waals surface area contributed by atoms with Crippen molar-refractivity contribution in [3.63, 3.8) is 0 Å². The number of rotatable bonds is 5. The lowest BCUT2D eigenvalue weighted by molar-refractivity contribution is -0.268. The van der Waals surface area contributed by atoms with Crippen molar-refractivity contribution < 1.29 is 44.5 Å². The molecule has 150 valence electrons. The molecule has 1 fully saturated rings. The number of methoxy groups -OCH3 is 2. The predicted molar refractivity (Wildman–Crippen MR) is 86.8 cm³/mol. The van der Waals surface area contributed by atoms with Crippen molar-refractivity contribution >= 4 is 5.97 Å². The van der Waals surface area contributed by atoms with Crippen LogP contribution in [0.3, 0.4) is 0 Å². The lowest BCUT2D eigenvalue weighted by Gasteiger charge is -2.44. The second-order valence-electron chi connectivity index (χ2n) is 6.40. The summed E-state index contributed by atoms with van der Waals surface area (Å²) in [6, 6.07) is -2.05. The van der Waals surface area contributed by atoms with Crippen LogP contribution in [-0.2, 0) is 19.0 Å². The molecule has 6 N–H and O–H groups in total. The molecule has 2 rings (SSSR count). The Kier molecular flexibility index (Phi) is 7.11. The third kappa shape index (κ3) is 3.92. The smallest absolute Gasteiger partial charge is 0.336 e. The number of hydrogen-bond donors (Lipinski definition) is 6. The first kappa shape index (κ1) is 21.2. The van der Waals surface area contributed by atoms with Crippen molar-refractivity contribution in [1.82, 2.24) is 5.32 Å². The summed E-state index contributed by atoms with van der Waals surface area (Å²) < 4.78 is 15.0. The topological polar surface area (TPSA) is 158 Å². The highest BCUT2D eigenvalue weighted by molar-refractivity contribution is 5.76. The molecular formula is C16H27NO9. The van der Waals surface area contributed by atoms with E-state index in [0.717, 1.165) is 7.11 Å². The van der Waals surface area contributed by atoms with E-state index < -0.39 is 61.0 Å². The van der Waals surface area contributed by atoms with Crippen molar-refractivity contribution in [2.45, 2.75) is 68.3 Å². The van der Waals surface area contributed by atoms with Crippen LogP contribution >= 0.6 is 0 Å². The van der Waals surface area contributed by atoms with Crippen LogP contribution in [0.25, 0.3) is 0 Å². The molecule has 0 radical (unpaired) electrons. The van der Waals surface area contributed by atoms with Crippen molar-refractivity contribution in [2.75, 3.05) is 14.2 Å². The molecule has 10 heteroatoms. The van der Waals surface area contributed by atoms with E-state index in [1.54, 1.807) is 6.92 Å². The van der Waals surface area contributed by atoms with Gasteiger partial charge in [0.15, 0.2) is 12.4 Å². The van der Waals surface area contributed by atoms with Gasteiger partial charge in [0.2, 0.25) is 0 Å². The SMILES string of the molecule is CCC1=CC(NC2C(C(=O)OC)OC(OC)C(O)C2O)C(O)C(O)C1O. The van der Waals surface area contributed by atoms with Gasteiger partial charge in [0.05, 0.1) is 19.2 Å². The molecule has 0 spiro atoms. The zero-order chi connectivity index (χ0) is 19.6. The number of esters is 1. The predicted octanol–water partition coefficient (Wildman–Crippen LogP) is -2.99. The van der Waals surface area contributed by atoms with Crippen LogP contribution in [-0.4, -0.2) is 101 Å². The number of carbonyl (C=O) groups excluding carboxylic acids is 1. The summed E-state index contributed by atoms with van der Waals surface area (Å²) in [6.45, 7) is 1.78. The van der Waals surface area contributed by atoms with E-state index in [1.807, 2.05) is 0 Å². The molecule has 9 atom stereocenters. The second kappa shape index (κ2) is 8.72. The normalized spacial score (nSPS) is 43.7. The average molecular weight is 377 g/mol. The molecule has 1 aliphatic heterocycles. The fourth-order valence-electron chi connectivity index (χ4n) is 3.30. The third-order valence-corrected chi connectivity index (χ3v) is 4.88. The molecular weight excluding hydrogens is 350 g/mol. The van der Waals surface area contributed by atoms with Gasteiger partial charge in [-0.25, -0.2) is 4.79 Å². The van der Waals surface area contributed by atoms with Gasteiger partial charge in [0.25, 0.3) is 0 Å². The Hall–Kier alpha value is -1.11. The second-order valence-corrected chi connectivity index (χ2v) is 6.40. The van der Waals surface area contributed by atoms with Gasteiger partial charge in [0.1, 0.15) is 30.5 Å². The van der Waals surface area contributed by atoms with Gasteiger partial charge in [-0.1, -0.05) is 13.0 Å². The molecule has 9 unspecified atom stereocenters. The highest BCUT2D eigenvalue weighted by atomic mass is 16.7. The largest absolute Gasteiger partial charge is 0.467 e. The number of carbonyl (C=O) groups is 1. The van der Waals surface area contributed by atoms with Crippen LogP contribution in [0.4, 0.5) is 0 Å². The van der Waals surface area contributed by atoms with Crippen LogP contribution in [0.15, 0.2) is 11.6 Å². The van der Waals surface area contributed by atoms with Crippen molar-refractivity contribution in [2.24, 2.45) is 0 Å². The zero-order valence-electron chi connectivity index (χ0n) is 14.8. The standard InChI is InChI=1S/C16H27NO9/c1-4-6-5-7(10(19)12(21)9(6)18)17-8-11(20)13(22)16(25-3)26-14(8)15(23)24-2/h5,7-14,16-22H,4H2,1-3H3. The average Bonchev–Trinajstić information content (AvgIpc) is 2.65. The van der Waals surface area contributed by atoms with Crippen molar-refractivity contribution in [3.8, 4) is 0 Å². The highest BCUT2D eigenvalue weighted by Crippen LogP contribution is 2.27. The molecule has 0 amide bonds. The molecule has 0 aromatic carbocycles. The first-order valence-electron chi connectivity index (χ1n) is 8.39. The van der Waals surface area contributed by atoms with E-state index >= 15 is 0 Å². The maximum absolute atomic E-state index is 12.0. The van der Waals surface area contributed by atoms with Gasteiger partial charge in [0, 0.05) is 7.11 Å². The van der Waals surface area contributed by atoms with Crippen LogP contribution in [0, 0.1) is 0 Å². The number of hydrogen-bond acceptors (Lipinski definition) is 10. The number of nitrogens with one attached hydrogen (secondary N) is 1. The van der Waals surface area contributed by atoms with Crippen molar-refractivity contribution in [1.29, 1.82) is 0 Å². The van der Waals surface area contributed by atoms with Gasteiger partial charge in [-0.2, -0.15) is 0 Å². The monoisotopic (exact) mass is 377 g/mol. The first-order chi connectivity index (χ1) is 12.3. The van der Waals surface area contributed by atoms with Crippen LogP contribution in [0.5, 0.6) is 0 Å². The molecule has 26 heavy (non-hydrogen) atoms. The van der Waals surface area contributed by atoms with E-state index in [2.05, 4.69) is 10.1 Å². The van der Waals surface area contributed by atoms with Crippen molar-refractivity contribution in [3.05, 3.63) is 11.6 Å². The molecule has 0 bridgehead atoms. The Labute approximate surface area is 151 Å². The van der Waals surface area contributed by atoms with Gasteiger partial charge in [-0.05, 0) is 12.0 Å². The van der Waals surface area contributed by atoms with Crippen LogP contribution in [0.2, 0.25) is 0 Å². The van der Waals surface area contributed by atoms with Crippen LogP contribution in [0.1, 0.15) is 13.3 Å². The first-order valence-corrected chi connectivity index (χ1v) is 8.39. The Morgan fingerprint density at radius 1 is 1.12 bits per heavy atom. The fourth-order valence-corrected chi connectivity index (χ4v) is 3.30. The molecule has 0 aromatic heterocycles. The van der Waals surface area contributed by atoms with E-state index in [4.69, 9.17) is 9.47 Å². The number of aliphatic hydroxyl groups excluding tert-OH is 5. The van der Waals surface area contributed by atoms with Gasteiger partial charge in [-0.3, -0.25) is 5.32 Å². The Balaban J connectivity index is 2.28. The quantitative estimate of drug-likeness (QED) is 0.216. The molecule has 2 aliphatic rings. The molecule has 1 heterocycles. The Morgan fingerprint density at radius 2 is 1.77 bits per heavy atom.